The number of para-hydroxylation sites is 1. The van der Waals surface area contributed by atoms with Crippen LogP contribution in [0.3, 0.4) is 0 Å². The van der Waals surface area contributed by atoms with Crippen LogP contribution in [0.2, 0.25) is 0 Å². The molecule has 2 rings (SSSR count). The zero-order valence-corrected chi connectivity index (χ0v) is 10.7. The molecule has 2 N–H and O–H groups in total. The van der Waals surface area contributed by atoms with Crippen LogP contribution in [0.15, 0.2) is 48.7 Å². The van der Waals surface area contributed by atoms with E-state index >= 15 is 0 Å². The highest BCUT2D eigenvalue weighted by Gasteiger charge is 2.10. The van der Waals surface area contributed by atoms with Crippen LogP contribution in [0.1, 0.15) is 5.56 Å². The van der Waals surface area contributed by atoms with Gasteiger partial charge in [0.15, 0.2) is 0 Å². The fourth-order valence-electron chi connectivity index (χ4n) is 1.55. The van der Waals surface area contributed by atoms with Crippen molar-refractivity contribution in [3.05, 3.63) is 71.7 Å². The first-order valence-electron chi connectivity index (χ1n) is 6.00. The van der Waals surface area contributed by atoms with Gasteiger partial charge in [0.2, 0.25) is 0 Å². The van der Waals surface area contributed by atoms with Crippen molar-refractivity contribution < 1.29 is 18.0 Å². The maximum atomic E-state index is 13.3. The molecule has 21 heavy (non-hydrogen) atoms. The van der Waals surface area contributed by atoms with Crippen LogP contribution in [-0.2, 0) is 0 Å². The third kappa shape index (κ3) is 4.10. The van der Waals surface area contributed by atoms with Crippen LogP contribution < -0.4 is 10.6 Å². The van der Waals surface area contributed by atoms with Gasteiger partial charge in [-0.25, -0.2) is 18.0 Å². The van der Waals surface area contributed by atoms with E-state index in [1.807, 2.05) is 0 Å². The highest BCUT2D eigenvalue weighted by molar-refractivity contribution is 5.90. The molecule has 2 amide bonds. The predicted octanol–water partition coefficient (Wildman–Crippen LogP) is 3.90. The summed E-state index contributed by atoms with van der Waals surface area (Å²) in [5.74, 6) is -2.10. The molecule has 2 aromatic rings. The molecule has 0 aliphatic heterocycles. The van der Waals surface area contributed by atoms with Crippen molar-refractivity contribution in [3.8, 4) is 0 Å². The molecular weight excluding hydrogens is 281 g/mol. The van der Waals surface area contributed by atoms with Crippen LogP contribution in [-0.4, -0.2) is 6.03 Å². The van der Waals surface area contributed by atoms with E-state index in [0.29, 0.717) is 5.56 Å². The Balaban J connectivity index is 1.95. The van der Waals surface area contributed by atoms with E-state index in [1.165, 1.54) is 42.6 Å². The Morgan fingerprint density at radius 1 is 0.952 bits per heavy atom. The number of carbonyl (C=O) groups is 1. The van der Waals surface area contributed by atoms with Crippen LogP contribution in [0.25, 0.3) is 6.08 Å². The third-order valence-corrected chi connectivity index (χ3v) is 2.56. The van der Waals surface area contributed by atoms with E-state index in [2.05, 4.69) is 10.6 Å². The summed E-state index contributed by atoms with van der Waals surface area (Å²) in [6, 6.07) is 8.05. The van der Waals surface area contributed by atoms with Crippen molar-refractivity contribution in [3.63, 3.8) is 0 Å². The van der Waals surface area contributed by atoms with Gasteiger partial charge in [-0.1, -0.05) is 18.2 Å². The SMILES string of the molecule is O=C(N/C=C/c1ccc(F)cc1)Nc1c(F)cccc1F. The summed E-state index contributed by atoms with van der Waals surface area (Å²) in [6.07, 6.45) is 2.79. The van der Waals surface area contributed by atoms with Crippen LogP contribution in [0.5, 0.6) is 0 Å². The molecular formula is C15H11F3N2O. The first-order valence-corrected chi connectivity index (χ1v) is 6.00. The predicted molar refractivity (Wildman–Crippen MR) is 73.9 cm³/mol. The lowest BCUT2D eigenvalue weighted by Crippen LogP contribution is -2.24. The maximum absolute atomic E-state index is 13.3. The van der Waals surface area contributed by atoms with Gasteiger partial charge in [0, 0.05) is 6.20 Å². The number of anilines is 1. The van der Waals surface area contributed by atoms with E-state index in [4.69, 9.17) is 0 Å². The number of carbonyl (C=O) groups excluding carboxylic acids is 1. The first kappa shape index (κ1) is 14.6. The average Bonchev–Trinajstić information content (AvgIpc) is 2.45. The number of amides is 2. The second-order valence-corrected chi connectivity index (χ2v) is 4.08. The van der Waals surface area contributed by atoms with Crippen LogP contribution >= 0.6 is 0 Å². The number of hydrogen-bond acceptors (Lipinski definition) is 1. The van der Waals surface area contributed by atoms with Gasteiger partial charge < -0.3 is 10.6 Å². The van der Waals surface area contributed by atoms with Gasteiger partial charge >= 0.3 is 6.03 Å². The molecule has 0 fully saturated rings. The fraction of sp³-hybridized carbons (Fsp3) is 0. The summed E-state index contributed by atoms with van der Waals surface area (Å²) >= 11 is 0. The Morgan fingerprint density at radius 3 is 2.19 bits per heavy atom. The van der Waals surface area contributed by atoms with Crippen molar-refractivity contribution in [1.29, 1.82) is 0 Å². The zero-order valence-electron chi connectivity index (χ0n) is 10.7. The minimum Gasteiger partial charge on any atom is -0.314 e. The van der Waals surface area contributed by atoms with Crippen molar-refractivity contribution >= 4 is 17.8 Å². The molecule has 0 unspecified atom stereocenters. The number of urea groups is 1. The minimum atomic E-state index is -0.868. The Labute approximate surface area is 119 Å². The molecule has 2 aromatic carbocycles. The summed E-state index contributed by atoms with van der Waals surface area (Å²) in [5, 5.41) is 4.35. The summed E-state index contributed by atoms with van der Waals surface area (Å²) in [7, 11) is 0. The second-order valence-electron chi connectivity index (χ2n) is 4.08. The molecule has 0 heterocycles. The Kier molecular flexibility index (Phi) is 4.61. The summed E-state index contributed by atoms with van der Waals surface area (Å²) in [5.41, 5.74) is 0.138. The highest BCUT2D eigenvalue weighted by atomic mass is 19.1. The number of rotatable bonds is 3. The zero-order chi connectivity index (χ0) is 15.2. The summed E-state index contributed by atoms with van der Waals surface area (Å²) in [6.45, 7) is 0. The molecule has 0 bridgehead atoms. The quantitative estimate of drug-likeness (QED) is 0.885. The Bertz CT molecular complexity index is 649. The number of halogens is 3. The Hall–Kier alpha value is -2.76. The van der Waals surface area contributed by atoms with Crippen molar-refractivity contribution in [2.75, 3.05) is 5.32 Å². The van der Waals surface area contributed by atoms with Gasteiger partial charge in [-0.2, -0.15) is 0 Å². The van der Waals surface area contributed by atoms with Crippen molar-refractivity contribution in [2.45, 2.75) is 0 Å². The summed E-state index contributed by atoms with van der Waals surface area (Å²) in [4.78, 5) is 11.5. The third-order valence-electron chi connectivity index (χ3n) is 2.56. The normalized spacial score (nSPS) is 10.6. The van der Waals surface area contributed by atoms with Crippen molar-refractivity contribution in [2.24, 2.45) is 0 Å². The second kappa shape index (κ2) is 6.60. The number of nitrogens with one attached hydrogen (secondary N) is 2. The van der Waals surface area contributed by atoms with Crippen LogP contribution in [0.4, 0.5) is 23.7 Å². The van der Waals surface area contributed by atoms with Gasteiger partial charge in [0.25, 0.3) is 0 Å². The highest BCUT2D eigenvalue weighted by Crippen LogP contribution is 2.17. The number of hydrogen-bond donors (Lipinski definition) is 2. The monoisotopic (exact) mass is 292 g/mol. The first-order chi connectivity index (χ1) is 10.1. The minimum absolute atomic E-state index is 0.368. The molecule has 0 spiro atoms. The lowest BCUT2D eigenvalue weighted by molar-refractivity contribution is 0.255. The van der Waals surface area contributed by atoms with E-state index in [-0.39, 0.29) is 5.82 Å². The molecule has 0 aromatic heterocycles. The lowest BCUT2D eigenvalue weighted by atomic mass is 10.2. The molecule has 0 aliphatic carbocycles. The van der Waals surface area contributed by atoms with E-state index in [1.54, 1.807) is 0 Å². The summed E-state index contributed by atoms with van der Waals surface area (Å²) < 4.78 is 39.3. The largest absolute Gasteiger partial charge is 0.323 e. The molecule has 0 saturated heterocycles. The van der Waals surface area contributed by atoms with Gasteiger partial charge in [-0.3, -0.25) is 0 Å². The molecule has 0 saturated carbocycles. The molecule has 108 valence electrons. The van der Waals surface area contributed by atoms with E-state index in [9.17, 15) is 18.0 Å². The van der Waals surface area contributed by atoms with Gasteiger partial charge in [0.05, 0.1) is 0 Å². The van der Waals surface area contributed by atoms with Crippen molar-refractivity contribution in [1.82, 2.24) is 5.32 Å². The molecule has 6 heteroatoms. The smallest absolute Gasteiger partial charge is 0.314 e. The maximum Gasteiger partial charge on any atom is 0.323 e. The van der Waals surface area contributed by atoms with E-state index < -0.39 is 23.4 Å². The standard InChI is InChI=1S/C15H11F3N2O/c16-11-6-4-10(5-7-11)8-9-19-15(21)20-14-12(17)2-1-3-13(14)18/h1-9H,(H2,19,20,21)/b9-8+. The fourth-order valence-corrected chi connectivity index (χ4v) is 1.55. The van der Waals surface area contributed by atoms with Gasteiger partial charge in [-0.15, -0.1) is 0 Å². The molecule has 0 atom stereocenters. The average molecular weight is 292 g/mol. The van der Waals surface area contributed by atoms with Gasteiger partial charge in [-0.05, 0) is 35.9 Å². The van der Waals surface area contributed by atoms with Crippen LogP contribution in [0, 0.1) is 17.5 Å². The lowest BCUT2D eigenvalue weighted by Gasteiger charge is -2.06. The topological polar surface area (TPSA) is 41.1 Å². The van der Waals surface area contributed by atoms with Gasteiger partial charge in [0.1, 0.15) is 23.1 Å². The van der Waals surface area contributed by atoms with E-state index in [0.717, 1.165) is 12.1 Å². The Morgan fingerprint density at radius 2 is 1.57 bits per heavy atom. The molecule has 3 nitrogen and oxygen atoms in total. The number of benzene rings is 2. The molecule has 0 radical (unpaired) electrons. The molecule has 0 aliphatic rings.